The van der Waals surface area contributed by atoms with Crippen LogP contribution in [0.15, 0.2) is 23.3 Å². The molecule has 0 bridgehead atoms. The number of hydrogen-bond donors (Lipinski definition) is 1. The van der Waals surface area contributed by atoms with Crippen molar-refractivity contribution in [3.63, 3.8) is 0 Å². The predicted octanol–water partition coefficient (Wildman–Crippen LogP) is 3.20. The van der Waals surface area contributed by atoms with Gasteiger partial charge in [0, 0.05) is 11.3 Å². The molecule has 1 saturated carbocycles. The van der Waals surface area contributed by atoms with Gasteiger partial charge in [-0.25, -0.2) is 0 Å². The normalized spacial score (nSPS) is 27.8. The van der Waals surface area contributed by atoms with Gasteiger partial charge in [0.1, 0.15) is 0 Å². The fourth-order valence-corrected chi connectivity index (χ4v) is 3.70. The van der Waals surface area contributed by atoms with E-state index >= 15 is 0 Å². The number of fused-ring (bicyclic) bond motifs is 1. The minimum atomic E-state index is -5.05. The number of hydrazone groups is 1. The van der Waals surface area contributed by atoms with Crippen LogP contribution in [0.4, 0.5) is 13.2 Å². The molecule has 3 unspecified atom stereocenters. The number of aliphatic hydroxyl groups is 1. The topological polar surface area (TPSA) is 71.4 Å². The maximum Gasteiger partial charge on any atom is 0.439 e. The molecule has 0 spiro atoms. The highest BCUT2D eigenvalue weighted by Gasteiger charge is 2.68. The molecule has 3 rings (SSSR count). The van der Waals surface area contributed by atoms with Gasteiger partial charge < -0.3 is 14.6 Å². The summed E-state index contributed by atoms with van der Waals surface area (Å²) >= 11 is 0. The van der Waals surface area contributed by atoms with Gasteiger partial charge in [0.25, 0.3) is 11.6 Å². The van der Waals surface area contributed by atoms with E-state index in [-0.39, 0.29) is 34.4 Å². The molecule has 1 fully saturated rings. The molecule has 148 valence electrons. The van der Waals surface area contributed by atoms with Gasteiger partial charge in [-0.15, -0.1) is 0 Å². The summed E-state index contributed by atoms with van der Waals surface area (Å²) in [5, 5.41) is 14.8. The third-order valence-corrected chi connectivity index (χ3v) is 5.21. The van der Waals surface area contributed by atoms with E-state index in [1.807, 2.05) is 6.92 Å². The first-order chi connectivity index (χ1) is 12.6. The number of alkyl halides is 3. The Kier molecular flexibility index (Phi) is 4.83. The second-order valence-corrected chi connectivity index (χ2v) is 6.93. The Bertz CT molecular complexity index is 780. The fourth-order valence-electron chi connectivity index (χ4n) is 3.70. The number of carbonyl (C=O) groups is 1. The average Bonchev–Trinajstić information content (AvgIpc) is 2.94. The summed E-state index contributed by atoms with van der Waals surface area (Å²) in [4.78, 5) is 12.9. The molecule has 9 heteroatoms. The van der Waals surface area contributed by atoms with E-state index in [2.05, 4.69) is 5.10 Å². The zero-order chi connectivity index (χ0) is 20.0. The van der Waals surface area contributed by atoms with Crippen LogP contribution in [0.1, 0.15) is 36.5 Å². The summed E-state index contributed by atoms with van der Waals surface area (Å²) in [7, 11) is 2.75. The zero-order valence-corrected chi connectivity index (χ0v) is 15.2. The monoisotopic (exact) mass is 386 g/mol. The SMILES string of the molecule is COc1ccc(C(=O)N2N=C3CCC(C)CC3C2(O)C(F)(F)F)cc1OC. The van der Waals surface area contributed by atoms with Crippen LogP contribution in [-0.4, -0.2) is 47.9 Å². The molecule has 27 heavy (non-hydrogen) atoms. The van der Waals surface area contributed by atoms with E-state index in [4.69, 9.17) is 9.47 Å². The van der Waals surface area contributed by atoms with Gasteiger partial charge in [0.15, 0.2) is 11.5 Å². The van der Waals surface area contributed by atoms with Crippen LogP contribution in [0.5, 0.6) is 11.5 Å². The quantitative estimate of drug-likeness (QED) is 0.866. The number of amides is 1. The molecule has 1 aromatic carbocycles. The van der Waals surface area contributed by atoms with Crippen LogP contribution in [0, 0.1) is 11.8 Å². The Morgan fingerprint density at radius 2 is 1.96 bits per heavy atom. The highest BCUT2D eigenvalue weighted by molar-refractivity contribution is 5.99. The summed E-state index contributed by atoms with van der Waals surface area (Å²) in [6.07, 6.45) is -3.95. The number of methoxy groups -OCH3 is 2. The number of nitrogens with zero attached hydrogens (tertiary/aromatic N) is 2. The third kappa shape index (κ3) is 3.03. The second kappa shape index (κ2) is 6.70. The molecule has 1 heterocycles. The number of hydrogen-bond acceptors (Lipinski definition) is 5. The van der Waals surface area contributed by atoms with Crippen LogP contribution >= 0.6 is 0 Å². The standard InChI is InChI=1S/C18H21F3N2O4/c1-10-4-6-13-12(8-10)17(25,18(19,20)21)23(22-13)16(24)11-5-7-14(26-2)15(9-11)27-3/h5,7,9-10,12,25H,4,6,8H2,1-3H3. The maximum absolute atomic E-state index is 13.9. The van der Waals surface area contributed by atoms with Crippen molar-refractivity contribution in [2.24, 2.45) is 16.9 Å². The highest BCUT2D eigenvalue weighted by Crippen LogP contribution is 2.49. The van der Waals surface area contributed by atoms with E-state index in [1.54, 1.807) is 0 Å². The molecule has 1 aliphatic heterocycles. The lowest BCUT2D eigenvalue weighted by molar-refractivity contribution is -0.313. The smallest absolute Gasteiger partial charge is 0.439 e. The van der Waals surface area contributed by atoms with Crippen molar-refractivity contribution >= 4 is 11.6 Å². The molecule has 0 aromatic heterocycles. The van der Waals surface area contributed by atoms with E-state index < -0.39 is 23.7 Å². The Labute approximate surface area is 154 Å². The van der Waals surface area contributed by atoms with Crippen LogP contribution < -0.4 is 9.47 Å². The molecule has 3 atom stereocenters. The van der Waals surface area contributed by atoms with Crippen LogP contribution in [0.2, 0.25) is 0 Å². The number of benzene rings is 1. The second-order valence-electron chi connectivity index (χ2n) is 6.93. The molecule has 1 N–H and O–H groups in total. The summed E-state index contributed by atoms with van der Waals surface area (Å²) in [5.41, 5.74) is -3.24. The van der Waals surface area contributed by atoms with Crippen molar-refractivity contribution in [2.75, 3.05) is 14.2 Å². The van der Waals surface area contributed by atoms with E-state index in [0.29, 0.717) is 18.6 Å². The minimum absolute atomic E-state index is 0.000965. The Morgan fingerprint density at radius 3 is 2.56 bits per heavy atom. The first kappa shape index (κ1) is 19.5. The Morgan fingerprint density at radius 1 is 1.30 bits per heavy atom. The number of carbonyl (C=O) groups excluding carboxylic acids is 1. The number of rotatable bonds is 3. The molecule has 0 saturated heterocycles. The van der Waals surface area contributed by atoms with Crippen molar-refractivity contribution in [1.29, 1.82) is 0 Å². The predicted molar refractivity (Wildman–Crippen MR) is 90.7 cm³/mol. The fraction of sp³-hybridized carbons (Fsp3) is 0.556. The van der Waals surface area contributed by atoms with Crippen LogP contribution in [0.25, 0.3) is 0 Å². The molecule has 6 nitrogen and oxygen atoms in total. The van der Waals surface area contributed by atoms with Crippen molar-refractivity contribution in [3.8, 4) is 11.5 Å². The molecule has 1 amide bonds. The molecule has 2 aliphatic rings. The summed E-state index contributed by atoms with van der Waals surface area (Å²) in [6.45, 7) is 1.83. The highest BCUT2D eigenvalue weighted by atomic mass is 19.4. The van der Waals surface area contributed by atoms with Gasteiger partial charge in [-0.3, -0.25) is 4.79 Å². The van der Waals surface area contributed by atoms with Gasteiger partial charge in [-0.1, -0.05) is 6.92 Å². The first-order valence-corrected chi connectivity index (χ1v) is 8.56. The molecule has 1 aromatic rings. The molecular weight excluding hydrogens is 365 g/mol. The summed E-state index contributed by atoms with van der Waals surface area (Å²) in [5.74, 6) is -1.79. The van der Waals surface area contributed by atoms with Gasteiger partial charge in [-0.2, -0.15) is 23.3 Å². The van der Waals surface area contributed by atoms with Crippen molar-refractivity contribution < 1.29 is 32.5 Å². The van der Waals surface area contributed by atoms with Crippen molar-refractivity contribution in [2.45, 2.75) is 38.1 Å². The average molecular weight is 386 g/mol. The first-order valence-electron chi connectivity index (χ1n) is 8.56. The summed E-state index contributed by atoms with van der Waals surface area (Å²) in [6, 6.07) is 3.99. The lowest BCUT2D eigenvalue weighted by atomic mass is 9.76. The van der Waals surface area contributed by atoms with Crippen LogP contribution in [-0.2, 0) is 0 Å². The molecular formula is C18H21F3N2O4. The molecule has 0 radical (unpaired) electrons. The van der Waals surface area contributed by atoms with E-state index in [1.165, 1.54) is 32.4 Å². The minimum Gasteiger partial charge on any atom is -0.493 e. The number of halogens is 3. The third-order valence-electron chi connectivity index (χ3n) is 5.21. The van der Waals surface area contributed by atoms with Crippen molar-refractivity contribution in [3.05, 3.63) is 23.8 Å². The van der Waals surface area contributed by atoms with Gasteiger partial charge in [-0.05, 0) is 43.4 Å². The van der Waals surface area contributed by atoms with Gasteiger partial charge in [0.2, 0.25) is 0 Å². The van der Waals surface area contributed by atoms with E-state index in [0.717, 1.165) is 0 Å². The van der Waals surface area contributed by atoms with Gasteiger partial charge >= 0.3 is 6.18 Å². The lowest BCUT2D eigenvalue weighted by Crippen LogP contribution is -2.61. The Balaban J connectivity index is 2.03. The van der Waals surface area contributed by atoms with Crippen molar-refractivity contribution in [1.82, 2.24) is 5.01 Å². The number of ether oxygens (including phenoxy) is 2. The largest absolute Gasteiger partial charge is 0.493 e. The summed E-state index contributed by atoms with van der Waals surface area (Å²) < 4.78 is 51.8. The Hall–Kier alpha value is -2.29. The lowest BCUT2D eigenvalue weighted by Gasteiger charge is -2.39. The van der Waals surface area contributed by atoms with E-state index in [9.17, 15) is 23.1 Å². The molecule has 1 aliphatic carbocycles. The van der Waals surface area contributed by atoms with Gasteiger partial charge in [0.05, 0.1) is 20.1 Å². The van der Waals surface area contributed by atoms with Crippen LogP contribution in [0.3, 0.4) is 0 Å². The maximum atomic E-state index is 13.9. The zero-order valence-electron chi connectivity index (χ0n) is 15.2.